The topological polar surface area (TPSA) is 96.0 Å². The fourth-order valence-corrected chi connectivity index (χ4v) is 4.63. The molecule has 3 aliphatic rings. The summed E-state index contributed by atoms with van der Waals surface area (Å²) in [5.41, 5.74) is -0.835. The standard InChI is InChI=1S/C20H31N3O5/c1-3-14-7-9-20(10-8-14)18(26)23(19(27)21-20)13-16(24)22-11-5-6-15(12-22)17(25)28-4-2/h14-15H,3-13H2,1-2H3,(H,21,27)/t14?,15-,20?/m1/s1. The summed E-state index contributed by atoms with van der Waals surface area (Å²) in [6, 6.07) is -0.479. The molecule has 28 heavy (non-hydrogen) atoms. The number of carbonyl (C=O) groups excluding carboxylic acids is 4. The van der Waals surface area contributed by atoms with Crippen molar-refractivity contribution < 1.29 is 23.9 Å². The summed E-state index contributed by atoms with van der Waals surface area (Å²) in [6.45, 7) is 4.76. The van der Waals surface area contributed by atoms with Crippen LogP contribution in [0, 0.1) is 11.8 Å². The molecule has 2 saturated heterocycles. The lowest BCUT2D eigenvalue weighted by Crippen LogP contribution is -2.51. The Kier molecular flexibility index (Phi) is 6.25. The van der Waals surface area contributed by atoms with Gasteiger partial charge < -0.3 is 15.0 Å². The fourth-order valence-electron chi connectivity index (χ4n) is 4.63. The molecule has 0 aromatic carbocycles. The summed E-state index contributed by atoms with van der Waals surface area (Å²) in [4.78, 5) is 52.7. The van der Waals surface area contributed by atoms with E-state index in [0.717, 1.165) is 24.2 Å². The first kappa shape index (κ1) is 20.6. The van der Waals surface area contributed by atoms with Crippen LogP contribution < -0.4 is 5.32 Å². The Balaban J connectivity index is 1.60. The van der Waals surface area contributed by atoms with Gasteiger partial charge in [0.25, 0.3) is 5.91 Å². The third kappa shape index (κ3) is 4.00. The minimum atomic E-state index is -0.835. The highest BCUT2D eigenvalue weighted by atomic mass is 16.5. The average molecular weight is 393 g/mol. The maximum Gasteiger partial charge on any atom is 0.325 e. The van der Waals surface area contributed by atoms with E-state index in [1.807, 2.05) is 0 Å². The first-order valence-electron chi connectivity index (χ1n) is 10.5. The second-order valence-electron chi connectivity index (χ2n) is 8.19. The largest absolute Gasteiger partial charge is 0.466 e. The van der Waals surface area contributed by atoms with Crippen molar-refractivity contribution in [1.82, 2.24) is 15.1 Å². The number of piperidine rings is 1. The van der Waals surface area contributed by atoms with Crippen LogP contribution in [0.25, 0.3) is 0 Å². The van der Waals surface area contributed by atoms with Crippen molar-refractivity contribution in [3.05, 3.63) is 0 Å². The van der Waals surface area contributed by atoms with Gasteiger partial charge in [0.05, 0.1) is 12.5 Å². The molecule has 3 rings (SSSR count). The maximum atomic E-state index is 13.0. The summed E-state index contributed by atoms with van der Waals surface area (Å²) in [5, 5.41) is 2.86. The molecule has 1 saturated carbocycles. The van der Waals surface area contributed by atoms with Gasteiger partial charge in [-0.2, -0.15) is 0 Å². The van der Waals surface area contributed by atoms with E-state index in [9.17, 15) is 19.2 Å². The van der Waals surface area contributed by atoms with Crippen LogP contribution in [0.4, 0.5) is 4.79 Å². The summed E-state index contributed by atoms with van der Waals surface area (Å²) >= 11 is 0. The second-order valence-corrected chi connectivity index (χ2v) is 8.19. The van der Waals surface area contributed by atoms with Gasteiger partial charge >= 0.3 is 12.0 Å². The minimum Gasteiger partial charge on any atom is -0.466 e. The molecule has 1 atom stereocenters. The lowest BCUT2D eigenvalue weighted by molar-refractivity contribution is -0.152. The SMILES string of the molecule is CCOC(=O)[C@@H]1CCCN(C(=O)CN2C(=O)NC3(CCC(CC)CC3)C2=O)C1. The highest BCUT2D eigenvalue weighted by molar-refractivity contribution is 6.09. The number of nitrogens with zero attached hydrogens (tertiary/aromatic N) is 2. The molecule has 3 fully saturated rings. The van der Waals surface area contributed by atoms with Crippen LogP contribution in [0.5, 0.6) is 0 Å². The van der Waals surface area contributed by atoms with Gasteiger partial charge in [-0.05, 0) is 51.4 Å². The van der Waals surface area contributed by atoms with Gasteiger partial charge in [-0.15, -0.1) is 0 Å². The van der Waals surface area contributed by atoms with Crippen molar-refractivity contribution in [3.8, 4) is 0 Å². The number of esters is 1. The predicted octanol–water partition coefficient (Wildman–Crippen LogP) is 1.68. The van der Waals surface area contributed by atoms with Gasteiger partial charge in [0, 0.05) is 13.1 Å². The molecule has 2 aliphatic heterocycles. The van der Waals surface area contributed by atoms with Crippen LogP contribution in [0.3, 0.4) is 0 Å². The van der Waals surface area contributed by atoms with Crippen molar-refractivity contribution in [3.63, 3.8) is 0 Å². The second kappa shape index (κ2) is 8.49. The highest BCUT2D eigenvalue weighted by Crippen LogP contribution is 2.37. The number of hydrogen-bond donors (Lipinski definition) is 1. The molecule has 0 aromatic heterocycles. The zero-order chi connectivity index (χ0) is 20.3. The molecular weight excluding hydrogens is 362 g/mol. The van der Waals surface area contributed by atoms with Crippen molar-refractivity contribution >= 4 is 23.8 Å². The number of ether oxygens (including phenoxy) is 1. The van der Waals surface area contributed by atoms with Crippen molar-refractivity contribution in [2.24, 2.45) is 11.8 Å². The third-order valence-corrected chi connectivity index (χ3v) is 6.47. The Morgan fingerprint density at radius 1 is 1.18 bits per heavy atom. The summed E-state index contributed by atoms with van der Waals surface area (Å²) in [5.74, 6) is -0.603. The Bertz CT molecular complexity index is 642. The van der Waals surface area contributed by atoms with E-state index >= 15 is 0 Å². The predicted molar refractivity (Wildman–Crippen MR) is 101 cm³/mol. The van der Waals surface area contributed by atoms with Gasteiger partial charge in [-0.3, -0.25) is 19.3 Å². The van der Waals surface area contributed by atoms with E-state index in [4.69, 9.17) is 4.74 Å². The van der Waals surface area contributed by atoms with Gasteiger partial charge in [0.1, 0.15) is 12.1 Å². The van der Waals surface area contributed by atoms with E-state index in [-0.39, 0.29) is 36.8 Å². The van der Waals surface area contributed by atoms with Gasteiger partial charge in [0.15, 0.2) is 0 Å². The smallest absolute Gasteiger partial charge is 0.325 e. The van der Waals surface area contributed by atoms with Gasteiger partial charge in [-0.25, -0.2) is 4.79 Å². The first-order chi connectivity index (χ1) is 13.4. The molecule has 1 spiro atoms. The van der Waals surface area contributed by atoms with E-state index in [1.54, 1.807) is 11.8 Å². The van der Waals surface area contributed by atoms with E-state index in [1.165, 1.54) is 0 Å². The molecule has 1 aliphatic carbocycles. The molecule has 0 aromatic rings. The lowest BCUT2D eigenvalue weighted by Gasteiger charge is -2.35. The Labute approximate surface area is 165 Å². The zero-order valence-corrected chi connectivity index (χ0v) is 16.9. The average Bonchev–Trinajstić information content (AvgIpc) is 2.93. The zero-order valence-electron chi connectivity index (χ0n) is 16.9. The van der Waals surface area contributed by atoms with Crippen molar-refractivity contribution in [2.75, 3.05) is 26.2 Å². The summed E-state index contributed by atoms with van der Waals surface area (Å²) in [6.07, 6.45) is 5.57. The molecule has 4 amide bonds. The van der Waals surface area contributed by atoms with Crippen LogP contribution in [-0.2, 0) is 19.1 Å². The quantitative estimate of drug-likeness (QED) is 0.566. The number of amides is 4. The summed E-state index contributed by atoms with van der Waals surface area (Å²) < 4.78 is 5.06. The number of urea groups is 1. The highest BCUT2D eigenvalue weighted by Gasteiger charge is 2.52. The van der Waals surface area contributed by atoms with E-state index in [2.05, 4.69) is 12.2 Å². The first-order valence-corrected chi connectivity index (χ1v) is 10.5. The van der Waals surface area contributed by atoms with Gasteiger partial charge in [-0.1, -0.05) is 13.3 Å². The van der Waals surface area contributed by atoms with Crippen LogP contribution in [0.15, 0.2) is 0 Å². The fraction of sp³-hybridized carbons (Fsp3) is 0.800. The molecule has 8 nitrogen and oxygen atoms in total. The van der Waals surface area contributed by atoms with Crippen LogP contribution in [0.1, 0.15) is 58.8 Å². The Morgan fingerprint density at radius 3 is 2.54 bits per heavy atom. The number of imide groups is 1. The van der Waals surface area contributed by atoms with Crippen LogP contribution >= 0.6 is 0 Å². The molecule has 2 heterocycles. The number of carbonyl (C=O) groups is 4. The molecule has 0 unspecified atom stereocenters. The number of nitrogens with one attached hydrogen (secondary N) is 1. The molecule has 0 radical (unpaired) electrons. The molecule has 8 heteroatoms. The molecular formula is C20H31N3O5. The maximum absolute atomic E-state index is 13.0. The number of likely N-dealkylation sites (tertiary alicyclic amines) is 1. The van der Waals surface area contributed by atoms with E-state index in [0.29, 0.717) is 44.8 Å². The van der Waals surface area contributed by atoms with Crippen LogP contribution in [0.2, 0.25) is 0 Å². The van der Waals surface area contributed by atoms with Crippen molar-refractivity contribution in [2.45, 2.75) is 64.3 Å². The molecule has 0 bridgehead atoms. The number of rotatable bonds is 5. The monoisotopic (exact) mass is 393 g/mol. The Morgan fingerprint density at radius 2 is 1.89 bits per heavy atom. The minimum absolute atomic E-state index is 0.265. The van der Waals surface area contributed by atoms with Gasteiger partial charge in [0.2, 0.25) is 5.91 Å². The van der Waals surface area contributed by atoms with E-state index < -0.39 is 11.6 Å². The third-order valence-electron chi connectivity index (χ3n) is 6.47. The summed E-state index contributed by atoms with van der Waals surface area (Å²) in [7, 11) is 0. The lowest BCUT2D eigenvalue weighted by atomic mass is 9.75. The Hall–Kier alpha value is -2.12. The van der Waals surface area contributed by atoms with Crippen molar-refractivity contribution in [1.29, 1.82) is 0 Å². The molecule has 156 valence electrons. The molecule has 1 N–H and O–H groups in total. The normalized spacial score (nSPS) is 30.5. The van der Waals surface area contributed by atoms with Crippen LogP contribution in [-0.4, -0.2) is 65.4 Å². The number of hydrogen-bond acceptors (Lipinski definition) is 5.